The maximum absolute atomic E-state index is 12.0. The van der Waals surface area contributed by atoms with Crippen LogP contribution in [0.25, 0.3) is 0 Å². The molecule has 0 amide bonds. The number of hydrogen-bond donors (Lipinski definition) is 1. The fourth-order valence-corrected chi connectivity index (χ4v) is 3.07. The minimum atomic E-state index is 0.132. The Labute approximate surface area is 94.5 Å². The van der Waals surface area contributed by atoms with Crippen molar-refractivity contribution < 1.29 is 4.79 Å². The molecule has 2 rings (SSSR count). The zero-order valence-corrected chi connectivity index (χ0v) is 9.90. The van der Waals surface area contributed by atoms with E-state index < -0.39 is 0 Å². The summed E-state index contributed by atoms with van der Waals surface area (Å²) in [5, 5.41) is 1.98. The standard InChI is InChI=1S/C12H17NOS/c1-9-3-6-15-11(9)10(14)7-12(8-13)4-2-5-12/h3,6H,2,4-5,7-8,13H2,1H3. The van der Waals surface area contributed by atoms with E-state index in [1.807, 2.05) is 18.4 Å². The largest absolute Gasteiger partial charge is 0.330 e. The monoisotopic (exact) mass is 223 g/mol. The van der Waals surface area contributed by atoms with Crippen LogP contribution in [0.15, 0.2) is 11.4 Å². The van der Waals surface area contributed by atoms with Gasteiger partial charge in [-0.15, -0.1) is 11.3 Å². The van der Waals surface area contributed by atoms with Crippen LogP contribution >= 0.6 is 11.3 Å². The first kappa shape index (κ1) is 10.8. The van der Waals surface area contributed by atoms with Gasteiger partial charge in [-0.05, 0) is 48.7 Å². The Morgan fingerprint density at radius 3 is 2.73 bits per heavy atom. The Bertz CT molecular complexity index is 360. The van der Waals surface area contributed by atoms with Crippen molar-refractivity contribution in [3.05, 3.63) is 21.9 Å². The van der Waals surface area contributed by atoms with Crippen LogP contribution in [0.4, 0.5) is 0 Å². The Hall–Kier alpha value is -0.670. The molecule has 0 bridgehead atoms. The van der Waals surface area contributed by atoms with Gasteiger partial charge in [0.15, 0.2) is 5.78 Å². The van der Waals surface area contributed by atoms with Crippen LogP contribution in [0.1, 0.15) is 40.9 Å². The maximum atomic E-state index is 12.0. The minimum absolute atomic E-state index is 0.132. The fraction of sp³-hybridized carbons (Fsp3) is 0.583. The molecule has 0 unspecified atom stereocenters. The van der Waals surface area contributed by atoms with Crippen LogP contribution < -0.4 is 5.73 Å². The SMILES string of the molecule is Cc1ccsc1C(=O)CC1(CN)CCC1. The number of aryl methyl sites for hydroxylation is 1. The van der Waals surface area contributed by atoms with E-state index in [0.29, 0.717) is 13.0 Å². The lowest BCUT2D eigenvalue weighted by atomic mass is 9.66. The Kier molecular flexibility index (Phi) is 2.94. The van der Waals surface area contributed by atoms with E-state index in [4.69, 9.17) is 5.73 Å². The highest BCUT2D eigenvalue weighted by Crippen LogP contribution is 2.44. The molecule has 1 aromatic rings. The highest BCUT2D eigenvalue weighted by atomic mass is 32.1. The quantitative estimate of drug-likeness (QED) is 0.798. The predicted octanol–water partition coefficient (Wildman–Crippen LogP) is 2.76. The number of hydrogen-bond acceptors (Lipinski definition) is 3. The van der Waals surface area contributed by atoms with Crippen molar-refractivity contribution in [3.63, 3.8) is 0 Å². The molecule has 1 saturated carbocycles. The van der Waals surface area contributed by atoms with Crippen LogP contribution in [-0.2, 0) is 0 Å². The number of carbonyl (C=O) groups excluding carboxylic acids is 1. The van der Waals surface area contributed by atoms with Gasteiger partial charge >= 0.3 is 0 Å². The second kappa shape index (κ2) is 4.06. The summed E-state index contributed by atoms with van der Waals surface area (Å²) >= 11 is 1.55. The molecule has 1 aromatic heterocycles. The molecular weight excluding hydrogens is 206 g/mol. The summed E-state index contributed by atoms with van der Waals surface area (Å²) in [5.41, 5.74) is 7.00. The summed E-state index contributed by atoms with van der Waals surface area (Å²) in [5.74, 6) is 0.285. The third-order valence-electron chi connectivity index (χ3n) is 3.50. The van der Waals surface area contributed by atoms with Crippen LogP contribution in [0.2, 0.25) is 0 Å². The molecule has 0 atom stereocenters. The fourth-order valence-electron chi connectivity index (χ4n) is 2.21. The topological polar surface area (TPSA) is 43.1 Å². The average molecular weight is 223 g/mol. The van der Waals surface area contributed by atoms with Crippen molar-refractivity contribution in [1.29, 1.82) is 0 Å². The molecule has 1 heterocycles. The van der Waals surface area contributed by atoms with E-state index in [1.165, 1.54) is 6.42 Å². The van der Waals surface area contributed by atoms with Crippen molar-refractivity contribution >= 4 is 17.1 Å². The van der Waals surface area contributed by atoms with Crippen molar-refractivity contribution in [2.75, 3.05) is 6.54 Å². The van der Waals surface area contributed by atoms with Gasteiger partial charge in [-0.3, -0.25) is 4.79 Å². The van der Waals surface area contributed by atoms with E-state index >= 15 is 0 Å². The highest BCUT2D eigenvalue weighted by Gasteiger charge is 2.37. The van der Waals surface area contributed by atoms with Gasteiger partial charge in [-0.1, -0.05) is 6.42 Å². The molecule has 2 nitrogen and oxygen atoms in total. The predicted molar refractivity (Wildman–Crippen MR) is 63.3 cm³/mol. The molecule has 1 aliphatic carbocycles. The molecule has 3 heteroatoms. The third kappa shape index (κ3) is 1.99. The first-order valence-corrected chi connectivity index (χ1v) is 6.32. The van der Waals surface area contributed by atoms with Gasteiger partial charge in [-0.25, -0.2) is 0 Å². The van der Waals surface area contributed by atoms with E-state index in [9.17, 15) is 4.79 Å². The van der Waals surface area contributed by atoms with Crippen molar-refractivity contribution in [3.8, 4) is 0 Å². The normalized spacial score (nSPS) is 18.5. The number of nitrogens with two attached hydrogens (primary N) is 1. The van der Waals surface area contributed by atoms with Gasteiger partial charge in [-0.2, -0.15) is 0 Å². The molecule has 1 aliphatic rings. The summed E-state index contributed by atoms with van der Waals surface area (Å²) in [6.45, 7) is 2.66. The van der Waals surface area contributed by atoms with Crippen molar-refractivity contribution in [2.24, 2.45) is 11.1 Å². The number of ketones is 1. The Balaban J connectivity index is 2.07. The van der Waals surface area contributed by atoms with Gasteiger partial charge < -0.3 is 5.73 Å². The van der Waals surface area contributed by atoms with Gasteiger partial charge in [0.25, 0.3) is 0 Å². The van der Waals surface area contributed by atoms with Gasteiger partial charge in [0.05, 0.1) is 4.88 Å². The molecule has 82 valence electrons. The van der Waals surface area contributed by atoms with Gasteiger partial charge in [0, 0.05) is 6.42 Å². The van der Waals surface area contributed by atoms with E-state index in [-0.39, 0.29) is 11.2 Å². The molecule has 1 fully saturated rings. The zero-order valence-electron chi connectivity index (χ0n) is 9.08. The van der Waals surface area contributed by atoms with Crippen LogP contribution in [0.5, 0.6) is 0 Å². The molecule has 2 N–H and O–H groups in total. The molecule has 0 aromatic carbocycles. The summed E-state index contributed by atoms with van der Waals surface area (Å²) in [7, 11) is 0. The van der Waals surface area contributed by atoms with E-state index in [1.54, 1.807) is 11.3 Å². The molecule has 0 radical (unpaired) electrons. The molecular formula is C12H17NOS. The Morgan fingerprint density at radius 1 is 1.60 bits per heavy atom. The second-order valence-corrected chi connectivity index (χ2v) is 5.51. The molecule has 0 aliphatic heterocycles. The smallest absolute Gasteiger partial charge is 0.173 e. The average Bonchev–Trinajstić information content (AvgIpc) is 2.58. The summed E-state index contributed by atoms with van der Waals surface area (Å²) in [6.07, 6.45) is 4.12. The summed E-state index contributed by atoms with van der Waals surface area (Å²) in [4.78, 5) is 13.0. The van der Waals surface area contributed by atoms with Crippen LogP contribution in [0, 0.1) is 12.3 Å². The van der Waals surface area contributed by atoms with Crippen molar-refractivity contribution in [1.82, 2.24) is 0 Å². The first-order valence-electron chi connectivity index (χ1n) is 5.44. The zero-order chi connectivity index (χ0) is 10.9. The van der Waals surface area contributed by atoms with Gasteiger partial charge in [0.2, 0.25) is 0 Å². The maximum Gasteiger partial charge on any atom is 0.173 e. The van der Waals surface area contributed by atoms with E-state index in [0.717, 1.165) is 23.3 Å². The Morgan fingerprint density at radius 2 is 2.33 bits per heavy atom. The lowest BCUT2D eigenvalue weighted by Crippen LogP contribution is -2.39. The first-order chi connectivity index (χ1) is 7.17. The lowest BCUT2D eigenvalue weighted by Gasteiger charge is -2.40. The second-order valence-electron chi connectivity index (χ2n) is 4.59. The highest BCUT2D eigenvalue weighted by molar-refractivity contribution is 7.12. The van der Waals surface area contributed by atoms with E-state index in [2.05, 4.69) is 0 Å². The third-order valence-corrected chi connectivity index (χ3v) is 4.56. The molecule has 0 spiro atoms. The molecule has 0 saturated heterocycles. The summed E-state index contributed by atoms with van der Waals surface area (Å²) < 4.78 is 0. The van der Waals surface area contributed by atoms with Gasteiger partial charge in [0.1, 0.15) is 0 Å². The number of thiophene rings is 1. The number of Topliss-reactive ketones (excluding diaryl/α,β-unsaturated/α-hetero) is 1. The molecule has 15 heavy (non-hydrogen) atoms. The summed E-state index contributed by atoms with van der Waals surface area (Å²) in [6, 6.07) is 2.01. The van der Waals surface area contributed by atoms with Crippen LogP contribution in [0.3, 0.4) is 0 Å². The van der Waals surface area contributed by atoms with Crippen LogP contribution in [-0.4, -0.2) is 12.3 Å². The number of carbonyl (C=O) groups is 1. The van der Waals surface area contributed by atoms with Crippen molar-refractivity contribution in [2.45, 2.75) is 32.6 Å². The lowest BCUT2D eigenvalue weighted by molar-refractivity contribution is 0.0789. The number of rotatable bonds is 4. The minimum Gasteiger partial charge on any atom is -0.330 e.